The van der Waals surface area contributed by atoms with E-state index in [0.29, 0.717) is 0 Å². The van der Waals surface area contributed by atoms with Crippen molar-refractivity contribution in [1.82, 2.24) is 10.2 Å². The molecule has 0 amide bonds. The van der Waals surface area contributed by atoms with E-state index in [1.54, 1.807) is 6.07 Å². The lowest BCUT2D eigenvalue weighted by Crippen LogP contribution is -2.43. The van der Waals surface area contributed by atoms with Crippen molar-refractivity contribution < 1.29 is 14.8 Å². The molecule has 0 unspecified atom stereocenters. The highest BCUT2D eigenvalue weighted by Crippen LogP contribution is 2.37. The minimum Gasteiger partial charge on any atom is -0.500 e. The first-order valence-corrected chi connectivity index (χ1v) is 7.59. The maximum absolute atomic E-state index is 11.0. The zero-order valence-electron chi connectivity index (χ0n) is 12.9. The Labute approximate surface area is 130 Å². The first-order valence-electron chi connectivity index (χ1n) is 7.59. The molecule has 2 rings (SSSR count). The number of unbranched alkanes of at least 4 members (excludes halogenated alkanes) is 1. The summed E-state index contributed by atoms with van der Waals surface area (Å²) < 4.78 is 5.01. The largest absolute Gasteiger partial charge is 0.500 e. The molecule has 22 heavy (non-hydrogen) atoms. The van der Waals surface area contributed by atoms with Gasteiger partial charge in [-0.05, 0) is 37.4 Å². The van der Waals surface area contributed by atoms with Gasteiger partial charge in [0.2, 0.25) is 5.75 Å². The third-order valence-electron chi connectivity index (χ3n) is 3.93. The second kappa shape index (κ2) is 7.95. The number of methoxy groups -OCH3 is 1. The molecular weight excluding hydrogens is 286 g/mol. The Balaban J connectivity index is 1.89. The molecule has 1 saturated heterocycles. The number of nitro groups is 1. The number of hydrogen-bond acceptors (Lipinski definition) is 6. The molecule has 0 bridgehead atoms. The molecule has 0 radical (unpaired) electrons. The number of benzene rings is 1. The maximum atomic E-state index is 11.0. The van der Waals surface area contributed by atoms with E-state index in [0.717, 1.165) is 57.5 Å². The summed E-state index contributed by atoms with van der Waals surface area (Å²) in [6.07, 6.45) is 2.75. The molecule has 2 N–H and O–H groups in total. The molecular formula is C15H23N3O4. The van der Waals surface area contributed by atoms with E-state index >= 15 is 0 Å². The van der Waals surface area contributed by atoms with Crippen molar-refractivity contribution in [2.45, 2.75) is 19.3 Å². The topological polar surface area (TPSA) is 87.9 Å². The number of nitro benzene ring substituents is 1. The lowest BCUT2D eigenvalue weighted by Gasteiger charge is -2.27. The van der Waals surface area contributed by atoms with E-state index in [-0.39, 0.29) is 11.4 Å². The summed E-state index contributed by atoms with van der Waals surface area (Å²) in [7, 11) is 1.40. The number of nitrogens with zero attached hydrogens (tertiary/aromatic N) is 2. The van der Waals surface area contributed by atoms with Crippen LogP contribution in [0.15, 0.2) is 12.1 Å². The number of hydrogen-bond donors (Lipinski definition) is 2. The molecule has 1 aromatic rings. The summed E-state index contributed by atoms with van der Waals surface area (Å²) in [5.41, 5.74) is 0.526. The highest BCUT2D eigenvalue weighted by molar-refractivity contribution is 5.57. The number of phenols is 1. The van der Waals surface area contributed by atoms with Gasteiger partial charge in [-0.1, -0.05) is 0 Å². The fourth-order valence-corrected chi connectivity index (χ4v) is 2.69. The average Bonchev–Trinajstić information content (AvgIpc) is 2.53. The standard InChI is InChI=1S/C15H23N3O4/c1-22-14-11-12(10-13(15(14)19)18(20)21)4-2-3-7-17-8-5-16-6-9-17/h10-11,16,19H,2-9H2,1H3. The van der Waals surface area contributed by atoms with E-state index < -0.39 is 10.7 Å². The third kappa shape index (κ3) is 4.32. The van der Waals surface area contributed by atoms with Gasteiger partial charge in [0.05, 0.1) is 12.0 Å². The minimum atomic E-state index is -0.581. The number of ether oxygens (including phenoxy) is 1. The van der Waals surface area contributed by atoms with Crippen LogP contribution in [-0.2, 0) is 6.42 Å². The molecule has 1 fully saturated rings. The van der Waals surface area contributed by atoms with E-state index in [1.807, 2.05) is 0 Å². The van der Waals surface area contributed by atoms with E-state index in [2.05, 4.69) is 10.2 Å². The minimum absolute atomic E-state index is 0.159. The molecule has 1 heterocycles. The number of aromatic hydroxyl groups is 1. The number of nitrogens with one attached hydrogen (secondary N) is 1. The summed E-state index contributed by atoms with van der Waals surface area (Å²) in [6, 6.07) is 3.11. The van der Waals surface area contributed by atoms with E-state index in [9.17, 15) is 15.2 Å². The molecule has 0 aliphatic carbocycles. The number of rotatable bonds is 7. The Morgan fingerprint density at radius 1 is 1.36 bits per heavy atom. The maximum Gasteiger partial charge on any atom is 0.314 e. The molecule has 7 nitrogen and oxygen atoms in total. The molecule has 1 aromatic carbocycles. The van der Waals surface area contributed by atoms with Gasteiger partial charge in [0, 0.05) is 32.2 Å². The van der Waals surface area contributed by atoms with Crippen LogP contribution >= 0.6 is 0 Å². The van der Waals surface area contributed by atoms with Crippen molar-refractivity contribution in [3.8, 4) is 11.5 Å². The van der Waals surface area contributed by atoms with Gasteiger partial charge < -0.3 is 20.1 Å². The average molecular weight is 309 g/mol. The Hall–Kier alpha value is -1.86. The van der Waals surface area contributed by atoms with Crippen LogP contribution in [0.2, 0.25) is 0 Å². The van der Waals surface area contributed by atoms with Crippen LogP contribution in [0, 0.1) is 10.1 Å². The van der Waals surface area contributed by atoms with Crippen molar-refractivity contribution >= 4 is 5.69 Å². The first kappa shape index (κ1) is 16.5. The fraction of sp³-hybridized carbons (Fsp3) is 0.600. The van der Waals surface area contributed by atoms with Gasteiger partial charge in [-0.15, -0.1) is 0 Å². The summed E-state index contributed by atoms with van der Waals surface area (Å²) >= 11 is 0. The summed E-state index contributed by atoms with van der Waals surface area (Å²) in [6.45, 7) is 5.30. The molecule has 0 saturated carbocycles. The molecule has 0 spiro atoms. The normalized spacial score (nSPS) is 15.7. The molecule has 7 heteroatoms. The molecule has 1 aliphatic heterocycles. The summed E-state index contributed by atoms with van der Waals surface area (Å²) in [5, 5.41) is 24.0. The van der Waals surface area contributed by atoms with Crippen LogP contribution < -0.4 is 10.1 Å². The zero-order valence-corrected chi connectivity index (χ0v) is 12.9. The van der Waals surface area contributed by atoms with Gasteiger partial charge in [0.25, 0.3) is 0 Å². The lowest BCUT2D eigenvalue weighted by atomic mass is 10.1. The van der Waals surface area contributed by atoms with Crippen LogP contribution in [-0.4, -0.2) is 54.8 Å². The second-order valence-corrected chi connectivity index (χ2v) is 5.47. The predicted molar refractivity (Wildman–Crippen MR) is 83.6 cm³/mol. The first-order chi connectivity index (χ1) is 10.6. The second-order valence-electron chi connectivity index (χ2n) is 5.47. The number of piperazine rings is 1. The van der Waals surface area contributed by atoms with Gasteiger partial charge >= 0.3 is 5.69 Å². The van der Waals surface area contributed by atoms with Crippen molar-refractivity contribution in [1.29, 1.82) is 0 Å². The van der Waals surface area contributed by atoms with Crippen LogP contribution in [0.25, 0.3) is 0 Å². The van der Waals surface area contributed by atoms with Crippen LogP contribution in [0.3, 0.4) is 0 Å². The van der Waals surface area contributed by atoms with Crippen molar-refractivity contribution in [2.75, 3.05) is 39.8 Å². The molecule has 0 atom stereocenters. The lowest BCUT2D eigenvalue weighted by molar-refractivity contribution is -0.386. The number of phenolic OH excluding ortho intramolecular Hbond substituents is 1. The third-order valence-corrected chi connectivity index (χ3v) is 3.93. The zero-order chi connectivity index (χ0) is 15.9. The van der Waals surface area contributed by atoms with Gasteiger partial charge in [-0.3, -0.25) is 10.1 Å². The summed E-state index contributed by atoms with van der Waals surface area (Å²) in [5.74, 6) is -0.247. The van der Waals surface area contributed by atoms with Crippen LogP contribution in [0.5, 0.6) is 11.5 Å². The Morgan fingerprint density at radius 3 is 2.73 bits per heavy atom. The Morgan fingerprint density at radius 2 is 2.09 bits per heavy atom. The van der Waals surface area contributed by atoms with Crippen LogP contribution in [0.4, 0.5) is 5.69 Å². The van der Waals surface area contributed by atoms with Gasteiger partial charge in [-0.25, -0.2) is 0 Å². The predicted octanol–water partition coefficient (Wildman–Crippen LogP) is 1.54. The van der Waals surface area contributed by atoms with Gasteiger partial charge in [-0.2, -0.15) is 0 Å². The van der Waals surface area contributed by atoms with Gasteiger partial charge in [0.15, 0.2) is 5.75 Å². The highest BCUT2D eigenvalue weighted by atomic mass is 16.6. The summed E-state index contributed by atoms with van der Waals surface area (Å²) in [4.78, 5) is 12.8. The molecule has 0 aromatic heterocycles. The fourth-order valence-electron chi connectivity index (χ4n) is 2.69. The Bertz CT molecular complexity index is 516. The van der Waals surface area contributed by atoms with Gasteiger partial charge in [0.1, 0.15) is 0 Å². The highest BCUT2D eigenvalue weighted by Gasteiger charge is 2.19. The van der Waals surface area contributed by atoms with Crippen LogP contribution in [0.1, 0.15) is 18.4 Å². The number of aryl methyl sites for hydroxylation is 1. The quantitative estimate of drug-likeness (QED) is 0.451. The monoisotopic (exact) mass is 309 g/mol. The molecule has 1 aliphatic rings. The van der Waals surface area contributed by atoms with Crippen molar-refractivity contribution in [3.05, 3.63) is 27.8 Å². The molecule has 122 valence electrons. The van der Waals surface area contributed by atoms with Crippen molar-refractivity contribution in [2.24, 2.45) is 0 Å². The van der Waals surface area contributed by atoms with E-state index in [4.69, 9.17) is 4.74 Å². The van der Waals surface area contributed by atoms with E-state index in [1.165, 1.54) is 13.2 Å². The Kier molecular flexibility index (Phi) is 5.97. The SMILES string of the molecule is COc1cc(CCCCN2CCNCC2)cc([N+](=O)[O-])c1O. The van der Waals surface area contributed by atoms with Crippen molar-refractivity contribution in [3.63, 3.8) is 0 Å². The smallest absolute Gasteiger partial charge is 0.314 e.